The van der Waals surface area contributed by atoms with Gasteiger partial charge in [-0.15, -0.1) is 0 Å². The van der Waals surface area contributed by atoms with Gasteiger partial charge < -0.3 is 5.32 Å². The third-order valence-electron chi connectivity index (χ3n) is 3.83. The number of halogens is 2. The predicted octanol–water partition coefficient (Wildman–Crippen LogP) is 5.33. The molecule has 1 aromatic carbocycles. The minimum atomic E-state index is 0.422. The average Bonchev–Trinajstić information content (AvgIpc) is 2.85. The van der Waals surface area contributed by atoms with Crippen LogP contribution in [0.15, 0.2) is 22.7 Å². The van der Waals surface area contributed by atoms with Crippen LogP contribution in [-0.4, -0.2) is 6.54 Å². The van der Waals surface area contributed by atoms with Gasteiger partial charge >= 0.3 is 0 Å². The maximum absolute atomic E-state index is 6.13. The molecule has 1 aliphatic carbocycles. The number of hydrogen-bond acceptors (Lipinski definition) is 1. The third kappa shape index (κ3) is 3.72. The minimum Gasteiger partial charge on any atom is -0.310 e. The lowest BCUT2D eigenvalue weighted by Gasteiger charge is -2.23. The molecule has 1 saturated carbocycles. The molecule has 1 fully saturated rings. The smallest absolute Gasteiger partial charge is 0.0410 e. The molecule has 1 nitrogen and oxygen atoms in total. The van der Waals surface area contributed by atoms with Gasteiger partial charge in [0.1, 0.15) is 0 Å². The molecule has 2 rings (SSSR count). The summed E-state index contributed by atoms with van der Waals surface area (Å²) in [5.74, 6) is 0.875. The van der Waals surface area contributed by atoms with Gasteiger partial charge in [-0.25, -0.2) is 0 Å². The van der Waals surface area contributed by atoms with Crippen LogP contribution in [0.2, 0.25) is 5.02 Å². The van der Waals surface area contributed by atoms with E-state index in [0.29, 0.717) is 6.04 Å². The van der Waals surface area contributed by atoms with E-state index in [1.807, 2.05) is 6.07 Å². The van der Waals surface area contributed by atoms with E-state index in [4.69, 9.17) is 11.6 Å². The summed E-state index contributed by atoms with van der Waals surface area (Å²) in [5.41, 5.74) is 1.30. The van der Waals surface area contributed by atoms with Gasteiger partial charge in [-0.1, -0.05) is 60.1 Å². The van der Waals surface area contributed by atoms with Crippen molar-refractivity contribution in [2.24, 2.45) is 5.92 Å². The molecule has 1 unspecified atom stereocenters. The summed E-state index contributed by atoms with van der Waals surface area (Å²) >= 11 is 9.78. The molecule has 1 atom stereocenters. The summed E-state index contributed by atoms with van der Waals surface area (Å²) in [5, 5.41) is 4.43. The monoisotopic (exact) mass is 329 g/mol. The van der Waals surface area contributed by atoms with Crippen LogP contribution >= 0.6 is 27.5 Å². The van der Waals surface area contributed by atoms with Crippen LogP contribution in [0.3, 0.4) is 0 Å². The molecule has 1 N–H and O–H groups in total. The predicted molar refractivity (Wildman–Crippen MR) is 82.1 cm³/mol. The highest BCUT2D eigenvalue weighted by Gasteiger charge is 2.22. The molecule has 0 heterocycles. The molecule has 0 amide bonds. The number of hydrogen-bond donors (Lipinski definition) is 1. The normalized spacial score (nSPS) is 18.2. The fourth-order valence-electron chi connectivity index (χ4n) is 2.93. The van der Waals surface area contributed by atoms with E-state index >= 15 is 0 Å². The molecule has 100 valence electrons. The Morgan fingerprint density at radius 1 is 1.39 bits per heavy atom. The first kappa shape index (κ1) is 14.4. The molecule has 0 aliphatic heterocycles. The van der Waals surface area contributed by atoms with E-state index in [9.17, 15) is 0 Å². The number of benzene rings is 1. The zero-order valence-electron chi connectivity index (χ0n) is 10.9. The summed E-state index contributed by atoms with van der Waals surface area (Å²) in [6.45, 7) is 3.16. The summed E-state index contributed by atoms with van der Waals surface area (Å²) in [7, 11) is 0. The highest BCUT2D eigenvalue weighted by atomic mass is 79.9. The van der Waals surface area contributed by atoms with Gasteiger partial charge in [0.2, 0.25) is 0 Å². The molecular weight excluding hydrogens is 310 g/mol. The van der Waals surface area contributed by atoms with Crippen LogP contribution in [0.5, 0.6) is 0 Å². The van der Waals surface area contributed by atoms with Gasteiger partial charge in [0.25, 0.3) is 0 Å². The Bertz CT molecular complexity index is 388. The highest BCUT2D eigenvalue weighted by molar-refractivity contribution is 9.10. The molecule has 0 bridgehead atoms. The molecule has 1 aromatic rings. The molecular formula is C15H21BrClN. The summed E-state index contributed by atoms with van der Waals surface area (Å²) in [4.78, 5) is 0. The SMILES string of the molecule is CCNC(CC1CCCC1)c1cc(Cl)ccc1Br. The van der Waals surface area contributed by atoms with Gasteiger partial charge in [-0.2, -0.15) is 0 Å². The lowest BCUT2D eigenvalue weighted by molar-refractivity contribution is 0.400. The number of rotatable bonds is 5. The van der Waals surface area contributed by atoms with Crippen LogP contribution in [-0.2, 0) is 0 Å². The Hall–Kier alpha value is -0.0500. The largest absolute Gasteiger partial charge is 0.310 e. The summed E-state index contributed by atoms with van der Waals surface area (Å²) in [6, 6.07) is 6.50. The van der Waals surface area contributed by atoms with Crippen LogP contribution in [0.4, 0.5) is 0 Å². The fourth-order valence-corrected chi connectivity index (χ4v) is 3.63. The van der Waals surface area contributed by atoms with E-state index in [2.05, 4.69) is 40.3 Å². The zero-order chi connectivity index (χ0) is 13.0. The maximum atomic E-state index is 6.13. The standard InChI is InChI=1S/C15H21BrClN/c1-2-18-15(9-11-5-3-4-6-11)13-10-12(17)7-8-14(13)16/h7-8,10-11,15,18H,2-6,9H2,1H3. The van der Waals surface area contributed by atoms with Crippen molar-refractivity contribution < 1.29 is 0 Å². The van der Waals surface area contributed by atoms with Crippen LogP contribution in [0.25, 0.3) is 0 Å². The zero-order valence-corrected chi connectivity index (χ0v) is 13.2. The summed E-state index contributed by atoms with van der Waals surface area (Å²) in [6.07, 6.45) is 6.81. The van der Waals surface area contributed by atoms with Crippen molar-refractivity contribution in [3.8, 4) is 0 Å². The molecule has 0 spiro atoms. The molecule has 18 heavy (non-hydrogen) atoms. The lowest BCUT2D eigenvalue weighted by Crippen LogP contribution is -2.23. The van der Waals surface area contributed by atoms with Crippen LogP contribution < -0.4 is 5.32 Å². The second-order valence-electron chi connectivity index (χ2n) is 5.16. The molecule has 0 aromatic heterocycles. The average molecular weight is 331 g/mol. The van der Waals surface area contributed by atoms with E-state index in [-0.39, 0.29) is 0 Å². The first-order chi connectivity index (χ1) is 8.70. The summed E-state index contributed by atoms with van der Waals surface area (Å²) < 4.78 is 1.16. The van der Waals surface area contributed by atoms with E-state index in [1.54, 1.807) is 0 Å². The van der Waals surface area contributed by atoms with Crippen molar-refractivity contribution in [2.75, 3.05) is 6.54 Å². The van der Waals surface area contributed by atoms with Crippen molar-refractivity contribution in [2.45, 2.75) is 45.1 Å². The van der Waals surface area contributed by atoms with Crippen molar-refractivity contribution in [1.29, 1.82) is 0 Å². The Balaban J connectivity index is 2.14. The topological polar surface area (TPSA) is 12.0 Å². The first-order valence-corrected chi connectivity index (χ1v) is 8.06. The molecule has 3 heteroatoms. The minimum absolute atomic E-state index is 0.422. The van der Waals surface area contributed by atoms with Crippen molar-refractivity contribution >= 4 is 27.5 Å². The quantitative estimate of drug-likeness (QED) is 0.769. The van der Waals surface area contributed by atoms with Gasteiger partial charge in [-0.3, -0.25) is 0 Å². The lowest BCUT2D eigenvalue weighted by atomic mass is 9.93. The van der Waals surface area contributed by atoms with E-state index in [1.165, 1.54) is 37.7 Å². The van der Waals surface area contributed by atoms with Gasteiger partial charge in [0, 0.05) is 15.5 Å². The molecule has 0 saturated heterocycles. The van der Waals surface area contributed by atoms with Crippen LogP contribution in [0.1, 0.15) is 50.6 Å². The Morgan fingerprint density at radius 2 is 2.11 bits per heavy atom. The maximum Gasteiger partial charge on any atom is 0.0410 e. The van der Waals surface area contributed by atoms with Gasteiger partial charge in [0.15, 0.2) is 0 Å². The molecule has 0 radical (unpaired) electrons. The first-order valence-electron chi connectivity index (χ1n) is 6.89. The molecule has 1 aliphatic rings. The third-order valence-corrected chi connectivity index (χ3v) is 4.79. The van der Waals surface area contributed by atoms with Gasteiger partial charge in [0.05, 0.1) is 0 Å². The second-order valence-corrected chi connectivity index (χ2v) is 6.45. The Labute approximate surface area is 123 Å². The van der Waals surface area contributed by atoms with Crippen molar-refractivity contribution in [3.05, 3.63) is 33.3 Å². The van der Waals surface area contributed by atoms with Crippen molar-refractivity contribution in [3.63, 3.8) is 0 Å². The van der Waals surface area contributed by atoms with E-state index in [0.717, 1.165) is 22.0 Å². The highest BCUT2D eigenvalue weighted by Crippen LogP contribution is 2.36. The Morgan fingerprint density at radius 3 is 2.78 bits per heavy atom. The van der Waals surface area contributed by atoms with Crippen LogP contribution in [0, 0.1) is 5.92 Å². The van der Waals surface area contributed by atoms with Crippen molar-refractivity contribution in [1.82, 2.24) is 5.32 Å². The second kappa shape index (κ2) is 6.93. The Kier molecular flexibility index (Phi) is 5.53. The number of nitrogens with one attached hydrogen (secondary N) is 1. The van der Waals surface area contributed by atoms with E-state index < -0.39 is 0 Å². The van der Waals surface area contributed by atoms with Gasteiger partial charge in [-0.05, 0) is 42.6 Å². The fraction of sp³-hybridized carbons (Fsp3) is 0.600.